The lowest BCUT2D eigenvalue weighted by Gasteiger charge is -2.22. The van der Waals surface area contributed by atoms with E-state index >= 15 is 0 Å². The number of aliphatic imine (C=N–C) groups is 1. The molecule has 1 heterocycles. The molecule has 0 atom stereocenters. The van der Waals surface area contributed by atoms with Crippen LogP contribution in [0.5, 0.6) is 0 Å². The van der Waals surface area contributed by atoms with Crippen LogP contribution >= 0.6 is 0 Å². The van der Waals surface area contributed by atoms with Gasteiger partial charge in [-0.15, -0.1) is 0 Å². The highest BCUT2D eigenvalue weighted by Crippen LogP contribution is 2.15. The van der Waals surface area contributed by atoms with Crippen LogP contribution in [0.4, 0.5) is 0 Å². The Balaban J connectivity index is 1.65. The van der Waals surface area contributed by atoms with Gasteiger partial charge < -0.3 is 15.1 Å². The summed E-state index contributed by atoms with van der Waals surface area (Å²) in [5, 5.41) is 3.38. The standard InChI is InChI=1S/C23H30N4O/c1-3-24-23(26(2)17-19-9-5-4-6-10-19)25-16-20-11-7-12-21(15-20)18-27-14-8-13-22(27)28/h4-7,9-12,15H,3,8,13-14,16-18H2,1-2H3,(H,24,25). The number of benzene rings is 2. The Morgan fingerprint density at radius 2 is 1.86 bits per heavy atom. The van der Waals surface area contributed by atoms with Crippen molar-refractivity contribution in [1.82, 2.24) is 15.1 Å². The highest BCUT2D eigenvalue weighted by molar-refractivity contribution is 5.79. The lowest BCUT2D eigenvalue weighted by Crippen LogP contribution is -2.38. The average molecular weight is 379 g/mol. The molecule has 1 fully saturated rings. The summed E-state index contributed by atoms with van der Waals surface area (Å²) in [5.41, 5.74) is 3.59. The molecule has 0 radical (unpaired) electrons. The number of amides is 1. The van der Waals surface area contributed by atoms with Gasteiger partial charge in [0.05, 0.1) is 6.54 Å². The van der Waals surface area contributed by atoms with Crippen LogP contribution in [-0.2, 0) is 24.4 Å². The number of guanidine groups is 1. The Morgan fingerprint density at radius 1 is 1.11 bits per heavy atom. The molecule has 0 bridgehead atoms. The SMILES string of the molecule is CCNC(=NCc1cccc(CN2CCCC2=O)c1)N(C)Cc1ccccc1. The lowest BCUT2D eigenvalue weighted by atomic mass is 10.1. The topological polar surface area (TPSA) is 47.9 Å². The van der Waals surface area contributed by atoms with E-state index in [1.807, 2.05) is 11.0 Å². The summed E-state index contributed by atoms with van der Waals surface area (Å²) in [6.45, 7) is 5.90. The number of carbonyl (C=O) groups excluding carboxylic acids is 1. The second kappa shape index (κ2) is 9.93. The Hall–Kier alpha value is -2.82. The van der Waals surface area contributed by atoms with Crippen molar-refractivity contribution in [2.24, 2.45) is 4.99 Å². The van der Waals surface area contributed by atoms with E-state index in [0.29, 0.717) is 19.5 Å². The second-order valence-corrected chi connectivity index (χ2v) is 7.25. The third kappa shape index (κ3) is 5.59. The predicted octanol–water partition coefficient (Wildman–Crippen LogP) is 3.41. The van der Waals surface area contributed by atoms with E-state index in [2.05, 4.69) is 72.7 Å². The molecule has 1 saturated heterocycles. The van der Waals surface area contributed by atoms with E-state index < -0.39 is 0 Å². The van der Waals surface area contributed by atoms with Crippen LogP contribution in [0.15, 0.2) is 59.6 Å². The number of nitrogens with one attached hydrogen (secondary N) is 1. The van der Waals surface area contributed by atoms with Crippen molar-refractivity contribution in [3.63, 3.8) is 0 Å². The molecule has 148 valence electrons. The Kier molecular flexibility index (Phi) is 7.06. The lowest BCUT2D eigenvalue weighted by molar-refractivity contribution is -0.128. The molecule has 5 nitrogen and oxygen atoms in total. The molecule has 2 aromatic carbocycles. The van der Waals surface area contributed by atoms with E-state index in [-0.39, 0.29) is 5.91 Å². The van der Waals surface area contributed by atoms with Crippen molar-refractivity contribution < 1.29 is 4.79 Å². The van der Waals surface area contributed by atoms with Gasteiger partial charge >= 0.3 is 0 Å². The maximum absolute atomic E-state index is 11.9. The van der Waals surface area contributed by atoms with E-state index in [1.54, 1.807) is 0 Å². The van der Waals surface area contributed by atoms with Gasteiger partial charge in [-0.25, -0.2) is 4.99 Å². The number of likely N-dealkylation sites (tertiary alicyclic amines) is 1. The molecule has 28 heavy (non-hydrogen) atoms. The maximum atomic E-state index is 11.9. The van der Waals surface area contributed by atoms with Crippen molar-refractivity contribution >= 4 is 11.9 Å². The molecule has 1 aliphatic heterocycles. The molecule has 0 unspecified atom stereocenters. The van der Waals surface area contributed by atoms with Crippen molar-refractivity contribution in [1.29, 1.82) is 0 Å². The summed E-state index contributed by atoms with van der Waals surface area (Å²) in [6, 6.07) is 18.8. The quantitative estimate of drug-likeness (QED) is 0.593. The predicted molar refractivity (Wildman–Crippen MR) is 114 cm³/mol. The van der Waals surface area contributed by atoms with E-state index in [1.165, 1.54) is 11.1 Å². The fourth-order valence-corrected chi connectivity index (χ4v) is 3.49. The molecule has 0 aromatic heterocycles. The summed E-state index contributed by atoms with van der Waals surface area (Å²) < 4.78 is 0. The number of hydrogen-bond acceptors (Lipinski definition) is 2. The summed E-state index contributed by atoms with van der Waals surface area (Å²) in [5.74, 6) is 1.16. The van der Waals surface area contributed by atoms with Crippen LogP contribution in [0.25, 0.3) is 0 Å². The van der Waals surface area contributed by atoms with Crippen molar-refractivity contribution in [3.8, 4) is 0 Å². The average Bonchev–Trinajstić information content (AvgIpc) is 3.10. The van der Waals surface area contributed by atoms with Crippen LogP contribution in [0, 0.1) is 0 Å². The zero-order chi connectivity index (χ0) is 19.8. The number of nitrogens with zero attached hydrogens (tertiary/aromatic N) is 3. The highest BCUT2D eigenvalue weighted by atomic mass is 16.2. The fraction of sp³-hybridized carbons (Fsp3) is 0.391. The molecule has 5 heteroatoms. The van der Waals surface area contributed by atoms with Crippen LogP contribution in [-0.4, -0.2) is 41.8 Å². The zero-order valence-electron chi connectivity index (χ0n) is 16.9. The Labute approximate surface area is 168 Å². The van der Waals surface area contributed by atoms with Crippen LogP contribution < -0.4 is 5.32 Å². The maximum Gasteiger partial charge on any atom is 0.222 e. The van der Waals surface area contributed by atoms with E-state index in [0.717, 1.165) is 37.6 Å². The first kappa shape index (κ1) is 19.9. The van der Waals surface area contributed by atoms with E-state index in [9.17, 15) is 4.79 Å². The third-order valence-corrected chi connectivity index (χ3v) is 4.91. The second-order valence-electron chi connectivity index (χ2n) is 7.25. The molecular formula is C23H30N4O. The minimum Gasteiger partial charge on any atom is -0.357 e. The fourth-order valence-electron chi connectivity index (χ4n) is 3.49. The van der Waals surface area contributed by atoms with Gasteiger partial charge in [0.15, 0.2) is 5.96 Å². The summed E-state index contributed by atoms with van der Waals surface area (Å²) >= 11 is 0. The van der Waals surface area contributed by atoms with Gasteiger partial charge in [-0.3, -0.25) is 4.79 Å². The molecule has 3 rings (SSSR count). The first-order valence-corrected chi connectivity index (χ1v) is 10.0. The first-order valence-electron chi connectivity index (χ1n) is 10.0. The summed E-state index contributed by atoms with van der Waals surface area (Å²) in [7, 11) is 2.06. The van der Waals surface area contributed by atoms with Crippen molar-refractivity contribution in [3.05, 3.63) is 71.3 Å². The number of rotatable bonds is 7. The smallest absolute Gasteiger partial charge is 0.222 e. The van der Waals surface area contributed by atoms with Gasteiger partial charge in [0, 0.05) is 39.6 Å². The first-order chi connectivity index (χ1) is 13.7. The van der Waals surface area contributed by atoms with Crippen LogP contribution in [0.3, 0.4) is 0 Å². The van der Waals surface area contributed by atoms with Crippen molar-refractivity contribution in [2.45, 2.75) is 39.4 Å². The molecule has 0 saturated carbocycles. The Bertz CT molecular complexity index is 803. The van der Waals surface area contributed by atoms with Gasteiger partial charge in [-0.2, -0.15) is 0 Å². The van der Waals surface area contributed by atoms with Crippen molar-refractivity contribution in [2.75, 3.05) is 20.1 Å². The molecule has 0 spiro atoms. The van der Waals surface area contributed by atoms with Crippen LogP contribution in [0.2, 0.25) is 0 Å². The monoisotopic (exact) mass is 378 g/mol. The third-order valence-electron chi connectivity index (χ3n) is 4.91. The summed E-state index contributed by atoms with van der Waals surface area (Å²) in [4.78, 5) is 20.8. The largest absolute Gasteiger partial charge is 0.357 e. The molecule has 1 aliphatic rings. The minimum absolute atomic E-state index is 0.264. The molecule has 1 amide bonds. The zero-order valence-corrected chi connectivity index (χ0v) is 16.9. The van der Waals surface area contributed by atoms with Gasteiger partial charge in [-0.05, 0) is 30.0 Å². The highest BCUT2D eigenvalue weighted by Gasteiger charge is 2.19. The minimum atomic E-state index is 0.264. The molecular weight excluding hydrogens is 348 g/mol. The normalized spacial score (nSPS) is 14.4. The van der Waals surface area contributed by atoms with E-state index in [4.69, 9.17) is 4.99 Å². The molecule has 2 aromatic rings. The van der Waals surface area contributed by atoms with Gasteiger partial charge in [0.2, 0.25) is 5.91 Å². The Morgan fingerprint density at radius 3 is 2.57 bits per heavy atom. The number of carbonyl (C=O) groups is 1. The van der Waals surface area contributed by atoms with Gasteiger partial charge in [0.1, 0.15) is 0 Å². The van der Waals surface area contributed by atoms with Crippen LogP contribution in [0.1, 0.15) is 36.5 Å². The molecule has 1 N–H and O–H groups in total. The summed E-state index contributed by atoms with van der Waals surface area (Å²) in [6.07, 6.45) is 1.66. The molecule has 0 aliphatic carbocycles. The van der Waals surface area contributed by atoms with Gasteiger partial charge in [0.25, 0.3) is 0 Å². The number of hydrogen-bond donors (Lipinski definition) is 1. The van der Waals surface area contributed by atoms with Gasteiger partial charge in [-0.1, -0.05) is 54.6 Å².